The number of hydrogen-bond donors (Lipinski definition) is 3. The number of nitrogens with zero attached hydrogens (tertiary/aromatic N) is 4. The fraction of sp³-hybridized carbons (Fsp3) is 0.538. The van der Waals surface area contributed by atoms with Crippen molar-refractivity contribution in [3.8, 4) is 0 Å². The first-order valence-corrected chi connectivity index (χ1v) is 13.6. The maximum atomic E-state index is 12.0. The van der Waals surface area contributed by atoms with E-state index in [9.17, 15) is 9.90 Å². The van der Waals surface area contributed by atoms with Gasteiger partial charge in [-0.25, -0.2) is 19.7 Å². The SMILES string of the molecule is COC(C)CN(CCCCc1ccc2c(n1)NCCC2)CCC(Nc1ncnc2sccc12)C(=O)O. The second-order valence-corrected chi connectivity index (χ2v) is 10.2. The van der Waals surface area contributed by atoms with Crippen LogP contribution in [-0.2, 0) is 22.4 Å². The Bertz CT molecular complexity index is 1140. The van der Waals surface area contributed by atoms with E-state index in [1.807, 2.05) is 18.4 Å². The van der Waals surface area contributed by atoms with E-state index in [1.165, 1.54) is 29.6 Å². The van der Waals surface area contributed by atoms with E-state index in [1.54, 1.807) is 7.11 Å². The standard InChI is InChI=1S/C26H36N6O3S/c1-18(35-2)16-32(13-4-3-7-20-9-8-19-6-5-12-27-23(19)30-20)14-10-22(26(33)34)31-24-21-11-15-36-25(21)29-17-28-24/h8-9,11,15,17-18,22H,3-7,10,12-14,16H2,1-2H3,(H,27,30)(H,33,34)(H,28,29,31). The number of carboxylic acids is 1. The molecule has 2 unspecified atom stereocenters. The van der Waals surface area contributed by atoms with Crippen molar-refractivity contribution >= 4 is 39.2 Å². The van der Waals surface area contributed by atoms with Crippen LogP contribution in [0.2, 0.25) is 0 Å². The van der Waals surface area contributed by atoms with Crippen LogP contribution >= 0.6 is 11.3 Å². The van der Waals surface area contributed by atoms with Gasteiger partial charge in [-0.3, -0.25) is 0 Å². The zero-order chi connectivity index (χ0) is 25.3. The Morgan fingerprint density at radius 3 is 3.00 bits per heavy atom. The van der Waals surface area contributed by atoms with Crippen molar-refractivity contribution in [3.63, 3.8) is 0 Å². The van der Waals surface area contributed by atoms with E-state index < -0.39 is 12.0 Å². The Hall–Kier alpha value is -2.82. The normalized spacial score (nSPS) is 14.9. The van der Waals surface area contributed by atoms with Crippen LogP contribution in [0, 0.1) is 0 Å². The van der Waals surface area contributed by atoms with E-state index in [-0.39, 0.29) is 6.10 Å². The lowest BCUT2D eigenvalue weighted by atomic mass is 10.1. The number of unbranched alkanes of at least 4 members (excludes halogenated alkanes) is 1. The molecule has 4 rings (SSSR count). The lowest BCUT2D eigenvalue weighted by Gasteiger charge is -2.27. The fourth-order valence-electron chi connectivity index (χ4n) is 4.52. The number of rotatable bonds is 14. The van der Waals surface area contributed by atoms with Gasteiger partial charge in [0, 0.05) is 32.4 Å². The van der Waals surface area contributed by atoms with Crippen molar-refractivity contribution in [2.24, 2.45) is 0 Å². The molecule has 1 aliphatic heterocycles. The van der Waals surface area contributed by atoms with Gasteiger partial charge in [-0.05, 0) is 75.1 Å². The van der Waals surface area contributed by atoms with E-state index in [4.69, 9.17) is 9.72 Å². The molecule has 0 aromatic carbocycles. The van der Waals surface area contributed by atoms with E-state index in [0.717, 1.165) is 67.0 Å². The Labute approximate surface area is 216 Å². The van der Waals surface area contributed by atoms with Gasteiger partial charge >= 0.3 is 5.97 Å². The first kappa shape index (κ1) is 26.2. The summed E-state index contributed by atoms with van der Waals surface area (Å²) < 4.78 is 5.49. The molecule has 0 spiro atoms. The fourth-order valence-corrected chi connectivity index (χ4v) is 5.25. The first-order valence-electron chi connectivity index (χ1n) is 12.7. The molecular formula is C26H36N6O3S. The van der Waals surface area contributed by atoms with E-state index in [0.29, 0.717) is 18.8 Å². The van der Waals surface area contributed by atoms with Gasteiger partial charge in [-0.1, -0.05) is 6.07 Å². The Kier molecular flexibility index (Phi) is 9.43. The number of hydrogen-bond acceptors (Lipinski definition) is 9. The number of pyridine rings is 1. The lowest BCUT2D eigenvalue weighted by Crippen LogP contribution is -2.38. The zero-order valence-corrected chi connectivity index (χ0v) is 21.9. The van der Waals surface area contributed by atoms with Gasteiger partial charge in [0.1, 0.15) is 28.8 Å². The molecule has 4 heterocycles. The molecule has 3 aromatic heterocycles. The molecule has 3 N–H and O–H groups in total. The number of ether oxygens (including phenoxy) is 1. The van der Waals surface area contributed by atoms with Gasteiger partial charge in [-0.2, -0.15) is 0 Å². The molecule has 0 radical (unpaired) electrons. The van der Waals surface area contributed by atoms with Gasteiger partial charge in [0.15, 0.2) is 0 Å². The molecule has 0 saturated carbocycles. The minimum Gasteiger partial charge on any atom is -0.480 e. The van der Waals surface area contributed by atoms with E-state index in [2.05, 4.69) is 37.6 Å². The number of methoxy groups -OCH3 is 1. The second kappa shape index (κ2) is 12.9. The number of anilines is 2. The van der Waals surface area contributed by atoms with Crippen LogP contribution in [0.5, 0.6) is 0 Å². The predicted molar refractivity (Wildman–Crippen MR) is 144 cm³/mol. The topological polar surface area (TPSA) is 113 Å². The number of fused-ring (bicyclic) bond motifs is 2. The summed E-state index contributed by atoms with van der Waals surface area (Å²) in [5, 5.41) is 19.2. The number of aromatic nitrogens is 3. The highest BCUT2D eigenvalue weighted by molar-refractivity contribution is 7.16. The summed E-state index contributed by atoms with van der Waals surface area (Å²) in [5.74, 6) is 0.728. The number of aliphatic carboxylic acids is 1. The number of carboxylic acid groups (broad SMARTS) is 1. The predicted octanol–water partition coefficient (Wildman–Crippen LogP) is 4.06. The van der Waals surface area contributed by atoms with Gasteiger partial charge in [0.05, 0.1) is 11.5 Å². The van der Waals surface area contributed by atoms with Crippen molar-refractivity contribution in [1.29, 1.82) is 0 Å². The van der Waals surface area contributed by atoms with Gasteiger partial charge in [-0.15, -0.1) is 11.3 Å². The summed E-state index contributed by atoms with van der Waals surface area (Å²) in [6.07, 6.45) is 7.24. The maximum Gasteiger partial charge on any atom is 0.326 e. The molecule has 0 saturated heterocycles. The average molecular weight is 513 g/mol. The first-order chi connectivity index (χ1) is 17.5. The highest BCUT2D eigenvalue weighted by atomic mass is 32.1. The summed E-state index contributed by atoms with van der Waals surface area (Å²) in [5.41, 5.74) is 2.44. The Balaban J connectivity index is 1.30. The minimum absolute atomic E-state index is 0.0712. The molecule has 0 amide bonds. The van der Waals surface area contributed by atoms with Crippen molar-refractivity contribution in [2.45, 2.75) is 57.6 Å². The van der Waals surface area contributed by atoms with Crippen LogP contribution < -0.4 is 10.6 Å². The van der Waals surface area contributed by atoms with Gasteiger partial charge in [0.2, 0.25) is 0 Å². The molecule has 0 bridgehead atoms. The second-order valence-electron chi connectivity index (χ2n) is 9.33. The third kappa shape index (κ3) is 7.11. The molecule has 10 heteroatoms. The molecule has 9 nitrogen and oxygen atoms in total. The Morgan fingerprint density at radius 2 is 2.17 bits per heavy atom. The molecule has 1 aliphatic rings. The van der Waals surface area contributed by atoms with Gasteiger partial charge < -0.3 is 25.4 Å². The van der Waals surface area contributed by atoms with Crippen molar-refractivity contribution < 1.29 is 14.6 Å². The van der Waals surface area contributed by atoms with E-state index >= 15 is 0 Å². The highest BCUT2D eigenvalue weighted by Crippen LogP contribution is 2.25. The number of carbonyl (C=O) groups is 1. The summed E-state index contributed by atoms with van der Waals surface area (Å²) >= 11 is 1.51. The van der Waals surface area contributed by atoms with Crippen LogP contribution in [0.3, 0.4) is 0 Å². The molecule has 0 aliphatic carbocycles. The Morgan fingerprint density at radius 1 is 1.28 bits per heavy atom. The minimum atomic E-state index is -0.885. The maximum absolute atomic E-state index is 12.0. The van der Waals surface area contributed by atoms with Crippen molar-refractivity contribution in [2.75, 3.05) is 43.9 Å². The van der Waals surface area contributed by atoms with Crippen LogP contribution in [0.1, 0.15) is 43.9 Å². The highest BCUT2D eigenvalue weighted by Gasteiger charge is 2.21. The third-order valence-corrected chi connectivity index (χ3v) is 7.45. The average Bonchev–Trinajstić information content (AvgIpc) is 3.38. The zero-order valence-electron chi connectivity index (χ0n) is 21.1. The number of aryl methyl sites for hydroxylation is 2. The van der Waals surface area contributed by atoms with Crippen LogP contribution in [-0.4, -0.2) is 76.4 Å². The molecular weight excluding hydrogens is 476 g/mol. The van der Waals surface area contributed by atoms with Crippen LogP contribution in [0.25, 0.3) is 10.2 Å². The number of thiophene rings is 1. The lowest BCUT2D eigenvalue weighted by molar-refractivity contribution is -0.138. The van der Waals surface area contributed by atoms with Crippen LogP contribution in [0.15, 0.2) is 29.9 Å². The smallest absolute Gasteiger partial charge is 0.326 e. The molecule has 194 valence electrons. The van der Waals surface area contributed by atoms with Crippen molar-refractivity contribution in [3.05, 3.63) is 41.2 Å². The van der Waals surface area contributed by atoms with Gasteiger partial charge in [0.25, 0.3) is 0 Å². The number of nitrogens with one attached hydrogen (secondary N) is 2. The largest absolute Gasteiger partial charge is 0.480 e. The summed E-state index contributed by atoms with van der Waals surface area (Å²) in [6.45, 7) is 5.32. The third-order valence-electron chi connectivity index (χ3n) is 6.63. The molecule has 36 heavy (non-hydrogen) atoms. The summed E-state index contributed by atoms with van der Waals surface area (Å²) in [4.78, 5) is 28.5. The monoisotopic (exact) mass is 512 g/mol. The molecule has 3 aromatic rings. The van der Waals surface area contributed by atoms with Crippen molar-refractivity contribution in [1.82, 2.24) is 19.9 Å². The molecule has 2 atom stereocenters. The van der Waals surface area contributed by atoms with Crippen LogP contribution in [0.4, 0.5) is 11.6 Å². The summed E-state index contributed by atoms with van der Waals surface area (Å²) in [7, 11) is 1.71. The molecule has 0 fully saturated rings. The summed E-state index contributed by atoms with van der Waals surface area (Å²) in [6, 6.07) is 5.53. The quantitative estimate of drug-likeness (QED) is 0.275.